The van der Waals surface area contributed by atoms with Gasteiger partial charge in [0.1, 0.15) is 5.82 Å². The van der Waals surface area contributed by atoms with Gasteiger partial charge in [0.15, 0.2) is 6.61 Å². The highest BCUT2D eigenvalue weighted by Gasteiger charge is 2.17. The van der Waals surface area contributed by atoms with E-state index in [1.165, 1.54) is 37.3 Å². The fraction of sp³-hybridized carbons (Fsp3) is 0.125. The van der Waals surface area contributed by atoms with Crippen LogP contribution in [-0.2, 0) is 9.53 Å². The van der Waals surface area contributed by atoms with Gasteiger partial charge in [0.25, 0.3) is 11.6 Å². The van der Waals surface area contributed by atoms with Gasteiger partial charge in [-0.1, -0.05) is 22.0 Å². The molecule has 0 aliphatic heterocycles. The molecule has 0 heterocycles. The molecule has 130 valence electrons. The van der Waals surface area contributed by atoms with E-state index in [1.54, 1.807) is 0 Å². The first-order valence-corrected chi connectivity index (χ1v) is 7.74. The Kier molecular flexibility index (Phi) is 5.81. The van der Waals surface area contributed by atoms with Crippen LogP contribution >= 0.6 is 15.9 Å². The summed E-state index contributed by atoms with van der Waals surface area (Å²) in [5, 5.41) is 13.1. The number of nitro benzene ring substituents is 1. The van der Waals surface area contributed by atoms with E-state index in [4.69, 9.17) is 4.74 Å². The van der Waals surface area contributed by atoms with Gasteiger partial charge in [0, 0.05) is 16.1 Å². The van der Waals surface area contributed by atoms with Crippen molar-refractivity contribution in [2.45, 2.75) is 6.92 Å². The molecule has 2 aromatic carbocycles. The Labute approximate surface area is 150 Å². The maximum Gasteiger partial charge on any atom is 0.338 e. The predicted octanol–water partition coefficient (Wildman–Crippen LogP) is 3.60. The van der Waals surface area contributed by atoms with Crippen molar-refractivity contribution in [3.05, 3.63) is 67.9 Å². The minimum absolute atomic E-state index is 0.0556. The lowest BCUT2D eigenvalue weighted by molar-refractivity contribution is -0.385. The molecule has 0 aromatic heterocycles. The van der Waals surface area contributed by atoms with E-state index in [0.29, 0.717) is 10.0 Å². The van der Waals surface area contributed by atoms with Gasteiger partial charge < -0.3 is 10.1 Å². The van der Waals surface area contributed by atoms with Gasteiger partial charge in [-0.3, -0.25) is 14.9 Å². The van der Waals surface area contributed by atoms with Crippen LogP contribution in [0.2, 0.25) is 0 Å². The number of carbonyl (C=O) groups is 2. The number of carbonyl (C=O) groups excluding carboxylic acids is 2. The molecule has 0 saturated heterocycles. The number of anilines is 1. The average Bonchev–Trinajstić information content (AvgIpc) is 2.55. The first-order valence-electron chi connectivity index (χ1n) is 6.95. The second kappa shape index (κ2) is 7.84. The van der Waals surface area contributed by atoms with Gasteiger partial charge in [-0.25, -0.2) is 9.18 Å². The van der Waals surface area contributed by atoms with Crippen molar-refractivity contribution in [2.75, 3.05) is 11.9 Å². The minimum atomic E-state index is -0.894. The highest BCUT2D eigenvalue weighted by molar-refractivity contribution is 9.10. The van der Waals surface area contributed by atoms with Gasteiger partial charge in [-0.15, -0.1) is 0 Å². The molecule has 0 aliphatic carbocycles. The van der Waals surface area contributed by atoms with Gasteiger partial charge in [-0.2, -0.15) is 0 Å². The molecule has 2 rings (SSSR count). The molecule has 0 saturated carbocycles. The number of benzene rings is 2. The number of amides is 1. The van der Waals surface area contributed by atoms with Crippen molar-refractivity contribution in [1.29, 1.82) is 0 Å². The molecule has 0 spiro atoms. The van der Waals surface area contributed by atoms with Crippen LogP contribution < -0.4 is 5.32 Å². The maximum atomic E-state index is 13.6. The first-order chi connectivity index (χ1) is 11.8. The number of nitrogens with one attached hydrogen (secondary N) is 1. The van der Waals surface area contributed by atoms with Gasteiger partial charge >= 0.3 is 5.97 Å². The fourth-order valence-electron chi connectivity index (χ4n) is 1.92. The monoisotopic (exact) mass is 410 g/mol. The zero-order chi connectivity index (χ0) is 18.6. The molecule has 1 amide bonds. The summed E-state index contributed by atoms with van der Waals surface area (Å²) in [6.07, 6.45) is 0. The standard InChI is InChI=1S/C16H12BrFN2O5/c1-9-2-3-10(6-14(9)20(23)24)16(22)25-8-15(21)19-13-5-4-11(17)7-12(13)18/h2-7H,8H2,1H3,(H,19,21). The Bertz CT molecular complexity index is 856. The summed E-state index contributed by atoms with van der Waals surface area (Å²) >= 11 is 3.09. The number of hydrogen-bond acceptors (Lipinski definition) is 5. The summed E-state index contributed by atoms with van der Waals surface area (Å²) in [4.78, 5) is 33.9. The molecule has 0 aliphatic rings. The Morgan fingerprint density at radius 2 is 2.00 bits per heavy atom. The number of esters is 1. The van der Waals surface area contributed by atoms with E-state index in [9.17, 15) is 24.1 Å². The Balaban J connectivity index is 1.98. The van der Waals surface area contributed by atoms with E-state index in [-0.39, 0.29) is 16.9 Å². The minimum Gasteiger partial charge on any atom is -0.452 e. The molecule has 0 radical (unpaired) electrons. The normalized spacial score (nSPS) is 10.2. The van der Waals surface area contributed by atoms with Crippen molar-refractivity contribution in [3.8, 4) is 0 Å². The molecule has 0 fully saturated rings. The SMILES string of the molecule is Cc1ccc(C(=O)OCC(=O)Nc2ccc(Br)cc2F)cc1[N+](=O)[O-]. The highest BCUT2D eigenvalue weighted by atomic mass is 79.9. The number of halogens is 2. The molecule has 0 atom stereocenters. The number of rotatable bonds is 5. The van der Waals surface area contributed by atoms with Crippen LogP contribution in [-0.4, -0.2) is 23.4 Å². The van der Waals surface area contributed by atoms with Crippen LogP contribution in [0.5, 0.6) is 0 Å². The lowest BCUT2D eigenvalue weighted by Gasteiger charge is -2.08. The maximum absolute atomic E-state index is 13.6. The van der Waals surface area contributed by atoms with Crippen molar-refractivity contribution in [1.82, 2.24) is 0 Å². The molecule has 9 heteroatoms. The lowest BCUT2D eigenvalue weighted by atomic mass is 10.1. The van der Waals surface area contributed by atoms with Crippen LogP contribution in [0, 0.1) is 22.9 Å². The Morgan fingerprint density at radius 3 is 2.64 bits per heavy atom. The molecule has 25 heavy (non-hydrogen) atoms. The quantitative estimate of drug-likeness (QED) is 0.461. The summed E-state index contributed by atoms with van der Waals surface area (Å²) in [5.41, 5.74) is 0.0518. The van der Waals surface area contributed by atoms with E-state index >= 15 is 0 Å². The summed E-state index contributed by atoms with van der Waals surface area (Å²) in [6, 6.07) is 7.90. The number of nitro groups is 1. The highest BCUT2D eigenvalue weighted by Crippen LogP contribution is 2.20. The van der Waals surface area contributed by atoms with E-state index in [2.05, 4.69) is 21.2 Å². The molecule has 0 unspecified atom stereocenters. The van der Waals surface area contributed by atoms with Crippen LogP contribution in [0.4, 0.5) is 15.8 Å². The Hall–Kier alpha value is -2.81. The number of ether oxygens (including phenoxy) is 1. The van der Waals surface area contributed by atoms with Gasteiger partial charge in [0.05, 0.1) is 16.2 Å². The molecule has 7 nitrogen and oxygen atoms in total. The van der Waals surface area contributed by atoms with Crippen molar-refractivity contribution >= 4 is 39.2 Å². The molecule has 0 bridgehead atoms. The van der Waals surface area contributed by atoms with Gasteiger partial charge in [0.2, 0.25) is 0 Å². The summed E-state index contributed by atoms with van der Waals surface area (Å²) < 4.78 is 18.9. The second-order valence-corrected chi connectivity index (χ2v) is 5.92. The Morgan fingerprint density at radius 1 is 1.28 bits per heavy atom. The van der Waals surface area contributed by atoms with Crippen molar-refractivity contribution < 1.29 is 23.6 Å². The van der Waals surface area contributed by atoms with Crippen LogP contribution in [0.3, 0.4) is 0 Å². The third-order valence-electron chi connectivity index (χ3n) is 3.18. The van der Waals surface area contributed by atoms with E-state index < -0.39 is 29.2 Å². The van der Waals surface area contributed by atoms with Crippen molar-refractivity contribution in [2.24, 2.45) is 0 Å². The first kappa shape index (κ1) is 18.5. The van der Waals surface area contributed by atoms with E-state index in [0.717, 1.165) is 6.07 Å². The average molecular weight is 411 g/mol. The van der Waals surface area contributed by atoms with Crippen LogP contribution in [0.1, 0.15) is 15.9 Å². The molecule has 2 aromatic rings. The summed E-state index contributed by atoms with van der Waals surface area (Å²) in [7, 11) is 0. The van der Waals surface area contributed by atoms with Crippen molar-refractivity contribution in [3.63, 3.8) is 0 Å². The smallest absolute Gasteiger partial charge is 0.338 e. The fourth-order valence-corrected chi connectivity index (χ4v) is 2.26. The molecule has 1 N–H and O–H groups in total. The van der Waals surface area contributed by atoms with E-state index in [1.807, 2.05) is 0 Å². The second-order valence-electron chi connectivity index (χ2n) is 5.01. The third kappa shape index (κ3) is 4.83. The third-order valence-corrected chi connectivity index (χ3v) is 3.67. The van der Waals surface area contributed by atoms with Crippen LogP contribution in [0.15, 0.2) is 40.9 Å². The van der Waals surface area contributed by atoms with Crippen LogP contribution in [0.25, 0.3) is 0 Å². The summed E-state index contributed by atoms with van der Waals surface area (Å²) in [6.45, 7) is 0.878. The zero-order valence-corrected chi connectivity index (χ0v) is 14.5. The predicted molar refractivity (Wildman–Crippen MR) is 90.8 cm³/mol. The summed E-state index contributed by atoms with van der Waals surface area (Å²) in [5.74, 6) is -2.28. The number of hydrogen-bond donors (Lipinski definition) is 1. The van der Waals surface area contributed by atoms with Gasteiger partial charge in [-0.05, 0) is 31.2 Å². The lowest BCUT2D eigenvalue weighted by Crippen LogP contribution is -2.21. The largest absolute Gasteiger partial charge is 0.452 e. The topological polar surface area (TPSA) is 98.5 Å². The number of aryl methyl sites for hydroxylation is 1. The molecular weight excluding hydrogens is 399 g/mol. The zero-order valence-electron chi connectivity index (χ0n) is 12.9. The number of nitrogens with zero attached hydrogens (tertiary/aromatic N) is 1. The molecular formula is C16H12BrFN2O5.